The van der Waals surface area contributed by atoms with E-state index in [0.717, 1.165) is 0 Å². The number of amides is 2. The molecule has 0 aromatic heterocycles. The Bertz CT molecular complexity index is 482. The Hall–Kier alpha value is -1.95. The number of carboxylic acid groups (broad SMARTS) is 1. The number of halogens is 1. The Morgan fingerprint density at radius 2 is 2.14 bits per heavy atom. The number of carbonyl (C=O) groups is 2. The van der Waals surface area contributed by atoms with Crippen LogP contribution in [0.5, 0.6) is 5.75 Å². The van der Waals surface area contributed by atoms with Crippen molar-refractivity contribution in [3.05, 3.63) is 29.3 Å². The minimum absolute atomic E-state index is 0.0363. The van der Waals surface area contributed by atoms with Crippen LogP contribution < -0.4 is 15.4 Å². The Morgan fingerprint density at radius 1 is 1.38 bits per heavy atom. The van der Waals surface area contributed by atoms with Crippen LogP contribution >= 0.6 is 11.6 Å². The fourth-order valence-electron chi connectivity index (χ4n) is 1.55. The number of hydrogen-bond donors (Lipinski definition) is 3. The normalized spacial score (nSPS) is 11.5. The molecule has 3 N–H and O–H groups in total. The molecule has 1 aromatic rings. The van der Waals surface area contributed by atoms with Crippen LogP contribution in [0.15, 0.2) is 24.3 Å². The van der Waals surface area contributed by atoms with Gasteiger partial charge in [0.05, 0.1) is 6.54 Å². The quantitative estimate of drug-likeness (QED) is 0.642. The summed E-state index contributed by atoms with van der Waals surface area (Å²) in [6, 6.07) is 6.68. The van der Waals surface area contributed by atoms with Gasteiger partial charge in [-0.2, -0.15) is 0 Å². The lowest BCUT2D eigenvalue weighted by atomic mass is 10.3. The second-order valence-electron chi connectivity index (χ2n) is 4.52. The van der Waals surface area contributed by atoms with Crippen LogP contribution in [0.1, 0.15) is 19.8 Å². The SMILES string of the molecule is CC(CNC(=O)NCCCC(=O)O)Oc1cccc(Cl)c1. The molecule has 1 unspecified atom stereocenters. The van der Waals surface area contributed by atoms with Gasteiger partial charge in [-0.25, -0.2) is 4.79 Å². The lowest BCUT2D eigenvalue weighted by Crippen LogP contribution is -2.40. The average Bonchev–Trinajstić information content (AvgIpc) is 2.41. The molecular formula is C14H19ClN2O4. The molecule has 6 nitrogen and oxygen atoms in total. The van der Waals surface area contributed by atoms with Crippen LogP contribution in [0.4, 0.5) is 4.79 Å². The van der Waals surface area contributed by atoms with E-state index in [1.54, 1.807) is 24.3 Å². The third-order valence-electron chi connectivity index (χ3n) is 2.54. The van der Waals surface area contributed by atoms with Gasteiger partial charge in [-0.3, -0.25) is 4.79 Å². The highest BCUT2D eigenvalue weighted by molar-refractivity contribution is 6.30. The molecule has 0 aliphatic heterocycles. The van der Waals surface area contributed by atoms with E-state index < -0.39 is 5.97 Å². The molecule has 21 heavy (non-hydrogen) atoms. The fourth-order valence-corrected chi connectivity index (χ4v) is 1.74. The van der Waals surface area contributed by atoms with Gasteiger partial charge in [0.2, 0.25) is 0 Å². The first-order valence-corrected chi connectivity index (χ1v) is 7.01. The van der Waals surface area contributed by atoms with Gasteiger partial charge in [-0.05, 0) is 31.5 Å². The second kappa shape index (κ2) is 9.07. The molecule has 0 aliphatic rings. The van der Waals surface area contributed by atoms with E-state index in [-0.39, 0.29) is 18.6 Å². The molecule has 0 aliphatic carbocycles. The van der Waals surface area contributed by atoms with E-state index in [0.29, 0.717) is 30.3 Å². The summed E-state index contributed by atoms with van der Waals surface area (Å²) in [5.74, 6) is -0.237. The van der Waals surface area contributed by atoms with E-state index in [1.807, 2.05) is 6.92 Å². The summed E-state index contributed by atoms with van der Waals surface area (Å²) in [7, 11) is 0. The zero-order valence-corrected chi connectivity index (χ0v) is 12.5. The minimum atomic E-state index is -0.874. The summed E-state index contributed by atoms with van der Waals surface area (Å²) in [5.41, 5.74) is 0. The number of aliphatic carboxylic acids is 1. The van der Waals surface area contributed by atoms with Gasteiger partial charge >= 0.3 is 12.0 Å². The van der Waals surface area contributed by atoms with Crippen molar-refractivity contribution in [2.24, 2.45) is 0 Å². The van der Waals surface area contributed by atoms with Gasteiger partial charge in [-0.1, -0.05) is 17.7 Å². The fraction of sp³-hybridized carbons (Fsp3) is 0.429. The standard InChI is InChI=1S/C14H19ClN2O4/c1-10(21-12-5-2-4-11(15)8-12)9-17-14(20)16-7-3-6-13(18)19/h2,4-5,8,10H,3,6-7,9H2,1H3,(H,18,19)(H2,16,17,20). The molecule has 116 valence electrons. The zero-order chi connectivity index (χ0) is 15.7. The molecule has 0 bridgehead atoms. The summed E-state index contributed by atoms with van der Waals surface area (Å²) < 4.78 is 5.60. The van der Waals surface area contributed by atoms with Gasteiger partial charge in [0.1, 0.15) is 11.9 Å². The summed E-state index contributed by atoms with van der Waals surface area (Å²) in [4.78, 5) is 21.8. The van der Waals surface area contributed by atoms with Crippen molar-refractivity contribution in [2.75, 3.05) is 13.1 Å². The zero-order valence-electron chi connectivity index (χ0n) is 11.8. The summed E-state index contributed by atoms with van der Waals surface area (Å²) in [6.45, 7) is 2.48. The maximum Gasteiger partial charge on any atom is 0.314 e. The molecule has 0 spiro atoms. The van der Waals surface area contributed by atoms with Crippen molar-refractivity contribution in [2.45, 2.75) is 25.9 Å². The molecule has 0 heterocycles. The summed E-state index contributed by atoms with van der Waals surface area (Å²) in [5, 5.41) is 14.3. The van der Waals surface area contributed by atoms with E-state index >= 15 is 0 Å². The average molecular weight is 315 g/mol. The molecular weight excluding hydrogens is 296 g/mol. The van der Waals surface area contributed by atoms with Crippen molar-refractivity contribution in [1.82, 2.24) is 10.6 Å². The largest absolute Gasteiger partial charge is 0.489 e. The number of urea groups is 1. The first kappa shape index (κ1) is 17.1. The maximum atomic E-state index is 11.5. The first-order valence-electron chi connectivity index (χ1n) is 6.63. The van der Waals surface area contributed by atoms with Crippen molar-refractivity contribution in [3.8, 4) is 5.75 Å². The van der Waals surface area contributed by atoms with E-state index in [1.165, 1.54) is 0 Å². The highest BCUT2D eigenvalue weighted by Crippen LogP contribution is 2.18. The van der Waals surface area contributed by atoms with E-state index in [4.69, 9.17) is 21.4 Å². The number of rotatable bonds is 8. The molecule has 0 fully saturated rings. The number of hydrogen-bond acceptors (Lipinski definition) is 3. The number of nitrogens with one attached hydrogen (secondary N) is 2. The van der Waals surface area contributed by atoms with Crippen LogP contribution in [0, 0.1) is 0 Å². The predicted molar refractivity (Wildman–Crippen MR) is 79.8 cm³/mol. The molecule has 0 saturated heterocycles. The topological polar surface area (TPSA) is 87.7 Å². The third-order valence-corrected chi connectivity index (χ3v) is 2.77. The predicted octanol–water partition coefficient (Wildman–Crippen LogP) is 2.27. The number of ether oxygens (including phenoxy) is 1. The minimum Gasteiger partial charge on any atom is -0.489 e. The van der Waals surface area contributed by atoms with Crippen LogP contribution in [-0.4, -0.2) is 36.3 Å². The van der Waals surface area contributed by atoms with Crippen molar-refractivity contribution >= 4 is 23.6 Å². The Morgan fingerprint density at radius 3 is 2.81 bits per heavy atom. The van der Waals surface area contributed by atoms with Gasteiger partial charge in [0, 0.05) is 18.0 Å². The van der Waals surface area contributed by atoms with Crippen LogP contribution in [0.3, 0.4) is 0 Å². The van der Waals surface area contributed by atoms with Gasteiger partial charge in [-0.15, -0.1) is 0 Å². The van der Waals surface area contributed by atoms with Gasteiger partial charge in [0.25, 0.3) is 0 Å². The number of carbonyl (C=O) groups excluding carboxylic acids is 1. The van der Waals surface area contributed by atoms with Gasteiger partial charge in [0.15, 0.2) is 0 Å². The Kier molecular flexibility index (Phi) is 7.39. The highest BCUT2D eigenvalue weighted by atomic mass is 35.5. The maximum absolute atomic E-state index is 11.5. The summed E-state index contributed by atoms with van der Waals surface area (Å²) in [6.07, 6.45) is 0.222. The third kappa shape index (κ3) is 8.04. The lowest BCUT2D eigenvalue weighted by molar-refractivity contribution is -0.137. The van der Waals surface area contributed by atoms with Crippen molar-refractivity contribution in [3.63, 3.8) is 0 Å². The first-order chi connectivity index (χ1) is 9.97. The van der Waals surface area contributed by atoms with Crippen LogP contribution in [0.2, 0.25) is 5.02 Å². The molecule has 2 amide bonds. The number of benzene rings is 1. The molecule has 1 aromatic carbocycles. The Labute approximate surface area is 128 Å². The van der Waals surface area contributed by atoms with Crippen LogP contribution in [-0.2, 0) is 4.79 Å². The van der Waals surface area contributed by atoms with E-state index in [2.05, 4.69) is 10.6 Å². The van der Waals surface area contributed by atoms with Crippen LogP contribution in [0.25, 0.3) is 0 Å². The second-order valence-corrected chi connectivity index (χ2v) is 4.96. The monoisotopic (exact) mass is 314 g/mol. The molecule has 1 atom stereocenters. The van der Waals surface area contributed by atoms with E-state index in [9.17, 15) is 9.59 Å². The van der Waals surface area contributed by atoms with Crippen molar-refractivity contribution < 1.29 is 19.4 Å². The molecule has 0 saturated carbocycles. The lowest BCUT2D eigenvalue weighted by Gasteiger charge is -2.16. The van der Waals surface area contributed by atoms with Gasteiger partial charge < -0.3 is 20.5 Å². The smallest absolute Gasteiger partial charge is 0.314 e. The Balaban J connectivity index is 2.18. The molecule has 0 radical (unpaired) electrons. The number of carboxylic acids is 1. The molecule has 1 rings (SSSR count). The summed E-state index contributed by atoms with van der Waals surface area (Å²) >= 11 is 5.85. The van der Waals surface area contributed by atoms with Crippen molar-refractivity contribution in [1.29, 1.82) is 0 Å². The highest BCUT2D eigenvalue weighted by Gasteiger charge is 2.07. The molecule has 7 heteroatoms.